The van der Waals surface area contributed by atoms with Crippen molar-refractivity contribution in [2.75, 3.05) is 17.7 Å². The number of nitrogens with zero attached hydrogens (tertiary/aromatic N) is 1. The van der Waals surface area contributed by atoms with E-state index in [-0.39, 0.29) is 18.5 Å². The van der Waals surface area contributed by atoms with E-state index in [1.54, 1.807) is 6.07 Å². The van der Waals surface area contributed by atoms with Crippen LogP contribution in [0.1, 0.15) is 19.8 Å². The fourth-order valence-electron chi connectivity index (χ4n) is 1.31. The Morgan fingerprint density at radius 3 is 2.75 bits per heavy atom. The molecule has 0 radical (unpaired) electrons. The zero-order valence-electron chi connectivity index (χ0n) is 9.00. The van der Waals surface area contributed by atoms with Crippen LogP contribution in [0.5, 0.6) is 0 Å². The molecule has 0 aromatic carbocycles. The monoisotopic (exact) mass is 263 g/mol. The molecule has 1 rings (SSSR count). The SMILES string of the molecule is CCC(CCO)Nc1nc(N)c(Cl)cc1Cl. The predicted molar refractivity (Wildman–Crippen MR) is 68.1 cm³/mol. The summed E-state index contributed by atoms with van der Waals surface area (Å²) in [6.45, 7) is 2.13. The average molecular weight is 264 g/mol. The molecule has 0 aliphatic carbocycles. The summed E-state index contributed by atoms with van der Waals surface area (Å²) in [4.78, 5) is 4.06. The fourth-order valence-corrected chi connectivity index (χ4v) is 1.72. The van der Waals surface area contributed by atoms with Crippen LogP contribution < -0.4 is 11.1 Å². The van der Waals surface area contributed by atoms with Crippen LogP contribution in [0.4, 0.5) is 11.6 Å². The molecule has 4 N–H and O–H groups in total. The third kappa shape index (κ3) is 3.40. The summed E-state index contributed by atoms with van der Waals surface area (Å²) < 4.78 is 0. The van der Waals surface area contributed by atoms with Gasteiger partial charge in [-0.05, 0) is 18.9 Å². The summed E-state index contributed by atoms with van der Waals surface area (Å²) in [6.07, 6.45) is 1.50. The van der Waals surface area contributed by atoms with Crippen LogP contribution in [0.3, 0.4) is 0 Å². The molecule has 0 amide bonds. The second-order valence-corrected chi connectivity index (χ2v) is 4.26. The molecule has 90 valence electrons. The van der Waals surface area contributed by atoms with Gasteiger partial charge < -0.3 is 16.2 Å². The van der Waals surface area contributed by atoms with Gasteiger partial charge in [0.25, 0.3) is 0 Å². The van der Waals surface area contributed by atoms with Crippen LogP contribution in [0, 0.1) is 0 Å². The lowest BCUT2D eigenvalue weighted by Crippen LogP contribution is -2.21. The van der Waals surface area contributed by atoms with Crippen molar-refractivity contribution in [2.24, 2.45) is 0 Å². The van der Waals surface area contributed by atoms with Gasteiger partial charge in [-0.2, -0.15) is 0 Å². The summed E-state index contributed by atoms with van der Waals surface area (Å²) >= 11 is 11.8. The van der Waals surface area contributed by atoms with Crippen molar-refractivity contribution in [3.8, 4) is 0 Å². The van der Waals surface area contributed by atoms with Gasteiger partial charge in [-0.1, -0.05) is 30.1 Å². The number of aliphatic hydroxyl groups is 1. The molecular weight excluding hydrogens is 249 g/mol. The van der Waals surface area contributed by atoms with Crippen molar-refractivity contribution >= 4 is 34.8 Å². The number of hydrogen-bond donors (Lipinski definition) is 3. The molecular formula is C10H15Cl2N3O. The number of rotatable bonds is 5. The van der Waals surface area contributed by atoms with E-state index in [0.717, 1.165) is 6.42 Å². The van der Waals surface area contributed by atoms with Gasteiger partial charge in [0, 0.05) is 12.6 Å². The van der Waals surface area contributed by atoms with E-state index in [0.29, 0.717) is 22.3 Å². The molecule has 1 heterocycles. The Hall–Kier alpha value is -0.710. The third-order valence-corrected chi connectivity index (χ3v) is 2.86. The van der Waals surface area contributed by atoms with Crippen LogP contribution in [-0.2, 0) is 0 Å². The molecule has 1 atom stereocenters. The van der Waals surface area contributed by atoms with Crippen LogP contribution >= 0.6 is 23.2 Å². The van der Waals surface area contributed by atoms with Gasteiger partial charge in [-0.25, -0.2) is 4.98 Å². The van der Waals surface area contributed by atoms with Gasteiger partial charge in [0.1, 0.15) is 11.6 Å². The van der Waals surface area contributed by atoms with Crippen molar-refractivity contribution < 1.29 is 5.11 Å². The van der Waals surface area contributed by atoms with E-state index in [4.69, 9.17) is 34.0 Å². The fraction of sp³-hybridized carbons (Fsp3) is 0.500. The topological polar surface area (TPSA) is 71.2 Å². The zero-order valence-corrected chi connectivity index (χ0v) is 10.5. The smallest absolute Gasteiger partial charge is 0.147 e. The Morgan fingerprint density at radius 1 is 1.50 bits per heavy atom. The number of halogens is 2. The number of nitrogen functional groups attached to an aromatic ring is 1. The molecule has 0 aliphatic heterocycles. The molecule has 0 saturated carbocycles. The summed E-state index contributed by atoms with van der Waals surface area (Å²) in [5.74, 6) is 0.747. The van der Waals surface area contributed by atoms with Crippen molar-refractivity contribution in [3.05, 3.63) is 16.1 Å². The number of nitrogens with two attached hydrogens (primary N) is 1. The zero-order chi connectivity index (χ0) is 12.1. The van der Waals surface area contributed by atoms with Crippen LogP contribution in [0.2, 0.25) is 10.0 Å². The van der Waals surface area contributed by atoms with Gasteiger partial charge in [-0.15, -0.1) is 0 Å². The van der Waals surface area contributed by atoms with Gasteiger partial charge in [0.05, 0.1) is 10.0 Å². The van der Waals surface area contributed by atoms with Gasteiger partial charge in [0.2, 0.25) is 0 Å². The highest BCUT2D eigenvalue weighted by Gasteiger charge is 2.11. The predicted octanol–water partition coefficient (Wildman–Crippen LogP) is 2.54. The maximum Gasteiger partial charge on any atom is 0.147 e. The molecule has 6 heteroatoms. The van der Waals surface area contributed by atoms with Gasteiger partial charge in [0.15, 0.2) is 0 Å². The van der Waals surface area contributed by atoms with E-state index in [9.17, 15) is 0 Å². The number of anilines is 2. The standard InChI is InChI=1S/C10H15Cl2N3O/c1-2-6(3-4-16)14-10-8(12)5-7(11)9(13)15-10/h5-6,16H,2-4H2,1H3,(H3,13,14,15). The number of hydrogen-bond acceptors (Lipinski definition) is 4. The Balaban J connectivity index is 2.83. The Morgan fingerprint density at radius 2 is 2.19 bits per heavy atom. The number of pyridine rings is 1. The van der Waals surface area contributed by atoms with E-state index < -0.39 is 0 Å². The summed E-state index contributed by atoms with van der Waals surface area (Å²) in [6, 6.07) is 1.68. The Bertz CT molecular complexity index is 360. The van der Waals surface area contributed by atoms with Gasteiger partial charge in [-0.3, -0.25) is 0 Å². The highest BCUT2D eigenvalue weighted by molar-refractivity contribution is 6.37. The first-order valence-corrected chi connectivity index (χ1v) is 5.83. The minimum atomic E-state index is 0.117. The van der Waals surface area contributed by atoms with Crippen LogP contribution in [0.25, 0.3) is 0 Å². The Labute approximate surface area is 105 Å². The van der Waals surface area contributed by atoms with E-state index in [1.807, 2.05) is 6.92 Å². The van der Waals surface area contributed by atoms with Crippen molar-refractivity contribution in [2.45, 2.75) is 25.8 Å². The number of aromatic nitrogens is 1. The molecule has 1 aromatic heterocycles. The lowest BCUT2D eigenvalue weighted by atomic mass is 10.1. The van der Waals surface area contributed by atoms with Crippen molar-refractivity contribution in [1.29, 1.82) is 0 Å². The maximum absolute atomic E-state index is 8.87. The summed E-state index contributed by atoms with van der Waals surface area (Å²) in [5.41, 5.74) is 5.59. The van der Waals surface area contributed by atoms with Crippen molar-refractivity contribution in [1.82, 2.24) is 4.98 Å². The molecule has 0 bridgehead atoms. The molecule has 4 nitrogen and oxygen atoms in total. The molecule has 16 heavy (non-hydrogen) atoms. The lowest BCUT2D eigenvalue weighted by Gasteiger charge is -2.17. The van der Waals surface area contributed by atoms with Crippen LogP contribution in [0.15, 0.2) is 6.07 Å². The molecule has 1 unspecified atom stereocenters. The maximum atomic E-state index is 8.87. The summed E-state index contributed by atoms with van der Waals surface area (Å²) in [7, 11) is 0. The minimum absolute atomic E-state index is 0.117. The van der Waals surface area contributed by atoms with Crippen molar-refractivity contribution in [3.63, 3.8) is 0 Å². The quantitative estimate of drug-likeness (QED) is 0.764. The molecule has 0 saturated heterocycles. The second-order valence-electron chi connectivity index (χ2n) is 3.45. The molecule has 1 aromatic rings. The van der Waals surface area contributed by atoms with E-state index in [1.165, 1.54) is 0 Å². The normalized spacial score (nSPS) is 12.5. The largest absolute Gasteiger partial charge is 0.396 e. The first-order chi connectivity index (χ1) is 7.58. The summed E-state index contributed by atoms with van der Waals surface area (Å²) in [5, 5.41) is 12.8. The molecule has 0 spiro atoms. The third-order valence-electron chi connectivity index (χ3n) is 2.27. The first-order valence-electron chi connectivity index (χ1n) is 5.07. The molecule has 0 fully saturated rings. The molecule has 0 aliphatic rings. The minimum Gasteiger partial charge on any atom is -0.396 e. The number of aliphatic hydroxyl groups excluding tert-OH is 1. The first kappa shape index (κ1) is 13.4. The van der Waals surface area contributed by atoms with Crippen LogP contribution in [-0.4, -0.2) is 22.7 Å². The van der Waals surface area contributed by atoms with E-state index in [2.05, 4.69) is 10.3 Å². The van der Waals surface area contributed by atoms with E-state index >= 15 is 0 Å². The lowest BCUT2D eigenvalue weighted by molar-refractivity contribution is 0.278. The second kappa shape index (κ2) is 6.13. The average Bonchev–Trinajstić information content (AvgIpc) is 2.25. The number of nitrogens with one attached hydrogen (secondary N) is 1. The van der Waals surface area contributed by atoms with Gasteiger partial charge >= 0.3 is 0 Å². The highest BCUT2D eigenvalue weighted by Crippen LogP contribution is 2.28. The Kier molecular flexibility index (Phi) is 5.12. The highest BCUT2D eigenvalue weighted by atomic mass is 35.5.